The number of para-hydroxylation sites is 1. The largest absolute Gasteiger partial charge is 0.452 e. The molecule has 0 radical (unpaired) electrons. The van der Waals surface area contributed by atoms with Crippen molar-refractivity contribution >= 4 is 34.3 Å². The summed E-state index contributed by atoms with van der Waals surface area (Å²) >= 11 is 0. The van der Waals surface area contributed by atoms with Crippen molar-refractivity contribution in [1.82, 2.24) is 9.88 Å². The monoisotopic (exact) mass is 475 g/mol. The minimum atomic E-state index is -0.499. The summed E-state index contributed by atoms with van der Waals surface area (Å²) in [5.41, 5.74) is 3.87. The van der Waals surface area contributed by atoms with E-state index in [1.807, 2.05) is 29.2 Å². The fourth-order valence-corrected chi connectivity index (χ4v) is 4.91. The lowest BCUT2D eigenvalue weighted by Crippen LogP contribution is -2.50. The van der Waals surface area contributed by atoms with Gasteiger partial charge in [0.1, 0.15) is 5.82 Å². The number of carbonyl (C=O) groups is 3. The number of benzene rings is 2. The first-order chi connectivity index (χ1) is 16.9. The second-order valence-electron chi connectivity index (χ2n) is 8.95. The topological polar surface area (TPSA) is 79.8 Å². The minimum Gasteiger partial charge on any atom is -0.452 e. The number of pyridine rings is 1. The lowest BCUT2D eigenvalue weighted by Gasteiger charge is -2.36. The lowest BCUT2D eigenvalue weighted by molar-refractivity contribution is -0.134. The number of aromatic nitrogens is 1. The first-order valence-corrected chi connectivity index (χ1v) is 11.8. The van der Waals surface area contributed by atoms with Crippen molar-refractivity contribution in [2.45, 2.75) is 26.2 Å². The molecule has 180 valence electrons. The van der Waals surface area contributed by atoms with Crippen LogP contribution in [0.1, 0.15) is 45.3 Å². The quantitative estimate of drug-likeness (QED) is 0.415. The van der Waals surface area contributed by atoms with Crippen LogP contribution in [0.25, 0.3) is 10.9 Å². The number of amides is 1. The number of nitrogens with zero attached hydrogens (tertiary/aromatic N) is 3. The predicted molar refractivity (Wildman–Crippen MR) is 129 cm³/mol. The van der Waals surface area contributed by atoms with Gasteiger partial charge in [0.05, 0.1) is 16.8 Å². The summed E-state index contributed by atoms with van der Waals surface area (Å²) in [6.45, 7) is 2.72. The molecule has 1 saturated heterocycles. The van der Waals surface area contributed by atoms with Gasteiger partial charge in [0.25, 0.3) is 5.91 Å². The van der Waals surface area contributed by atoms with Gasteiger partial charge >= 0.3 is 5.97 Å². The van der Waals surface area contributed by atoms with Crippen LogP contribution in [0.4, 0.5) is 10.1 Å². The van der Waals surface area contributed by atoms with Crippen LogP contribution in [0.3, 0.4) is 0 Å². The molecule has 8 heteroatoms. The summed E-state index contributed by atoms with van der Waals surface area (Å²) in [6.07, 6.45) is 2.55. The Morgan fingerprint density at radius 2 is 1.80 bits per heavy atom. The number of hydrogen-bond acceptors (Lipinski definition) is 6. The Morgan fingerprint density at radius 1 is 1.03 bits per heavy atom. The van der Waals surface area contributed by atoms with Gasteiger partial charge in [-0.25, -0.2) is 9.18 Å². The molecule has 1 fully saturated rings. The predicted octanol–water partition coefficient (Wildman–Crippen LogP) is 3.57. The molecule has 2 aliphatic rings. The Balaban J connectivity index is 1.22. The summed E-state index contributed by atoms with van der Waals surface area (Å²) < 4.78 is 20.0. The Kier molecular flexibility index (Phi) is 6.19. The van der Waals surface area contributed by atoms with Crippen molar-refractivity contribution < 1.29 is 23.5 Å². The van der Waals surface area contributed by atoms with E-state index in [4.69, 9.17) is 4.74 Å². The molecular weight excluding hydrogens is 449 g/mol. The van der Waals surface area contributed by atoms with E-state index in [-0.39, 0.29) is 18.3 Å². The molecule has 0 spiro atoms. The summed E-state index contributed by atoms with van der Waals surface area (Å²) in [7, 11) is 0. The van der Waals surface area contributed by atoms with Crippen molar-refractivity contribution in [3.8, 4) is 0 Å². The van der Waals surface area contributed by atoms with Gasteiger partial charge in [-0.3, -0.25) is 14.6 Å². The number of esters is 1. The van der Waals surface area contributed by atoms with Crippen LogP contribution < -0.4 is 4.90 Å². The zero-order valence-corrected chi connectivity index (χ0v) is 19.6. The number of ether oxygens (including phenoxy) is 1. The molecule has 7 nitrogen and oxygen atoms in total. The first-order valence-electron chi connectivity index (χ1n) is 11.8. The second-order valence-corrected chi connectivity index (χ2v) is 8.95. The van der Waals surface area contributed by atoms with Crippen LogP contribution in [0.15, 0.2) is 42.5 Å². The van der Waals surface area contributed by atoms with Crippen LogP contribution >= 0.6 is 0 Å². The van der Waals surface area contributed by atoms with E-state index >= 15 is 0 Å². The van der Waals surface area contributed by atoms with Crippen molar-refractivity contribution in [2.75, 3.05) is 37.7 Å². The second kappa shape index (κ2) is 9.44. The van der Waals surface area contributed by atoms with E-state index in [0.717, 1.165) is 41.4 Å². The SMILES string of the molecule is CC(=O)c1ccc(N2CCN(C(=O)COC(=O)c3c4c(nc5ccccc35)CCC4)CC2)c(F)c1. The van der Waals surface area contributed by atoms with Gasteiger partial charge in [0.15, 0.2) is 12.4 Å². The van der Waals surface area contributed by atoms with Crippen LogP contribution in [-0.4, -0.2) is 60.3 Å². The standard InChI is InChI=1S/C27H26FN3O4/c1-17(32)18-9-10-24(21(28)15-18)30-11-13-31(14-12-30)25(33)16-35-27(34)26-19-5-2-3-7-22(19)29-23-8-4-6-20(23)26/h2-3,5,7,9-10,15H,4,6,8,11-14,16H2,1H3. The van der Waals surface area contributed by atoms with Crippen molar-refractivity contribution in [3.63, 3.8) is 0 Å². The Morgan fingerprint density at radius 3 is 2.54 bits per heavy atom. The van der Waals surface area contributed by atoms with Gasteiger partial charge < -0.3 is 14.5 Å². The van der Waals surface area contributed by atoms with Gasteiger partial charge in [-0.2, -0.15) is 0 Å². The Hall–Kier alpha value is -3.81. The number of hydrogen-bond donors (Lipinski definition) is 0. The molecule has 5 rings (SSSR count). The number of rotatable bonds is 5. The third kappa shape index (κ3) is 4.48. The number of carbonyl (C=O) groups excluding carboxylic acids is 3. The van der Waals surface area contributed by atoms with E-state index in [2.05, 4.69) is 4.98 Å². The van der Waals surface area contributed by atoms with E-state index in [0.29, 0.717) is 43.0 Å². The van der Waals surface area contributed by atoms with Crippen LogP contribution in [-0.2, 0) is 22.4 Å². The molecule has 0 saturated carbocycles. The molecule has 2 heterocycles. The van der Waals surface area contributed by atoms with Crippen molar-refractivity contribution in [2.24, 2.45) is 0 Å². The fraction of sp³-hybridized carbons (Fsp3) is 0.333. The molecule has 1 aliphatic heterocycles. The lowest BCUT2D eigenvalue weighted by atomic mass is 10.0. The van der Waals surface area contributed by atoms with Gasteiger partial charge in [0, 0.05) is 42.8 Å². The Bertz CT molecular complexity index is 1330. The van der Waals surface area contributed by atoms with Gasteiger partial charge in [-0.1, -0.05) is 18.2 Å². The van der Waals surface area contributed by atoms with Crippen LogP contribution in [0.2, 0.25) is 0 Å². The summed E-state index contributed by atoms with van der Waals surface area (Å²) in [5.74, 6) is -1.42. The van der Waals surface area contributed by atoms with Crippen LogP contribution in [0, 0.1) is 5.82 Å². The molecule has 1 amide bonds. The molecule has 0 atom stereocenters. The number of aryl methyl sites for hydroxylation is 1. The minimum absolute atomic E-state index is 0.190. The summed E-state index contributed by atoms with van der Waals surface area (Å²) in [6, 6.07) is 11.9. The maximum Gasteiger partial charge on any atom is 0.339 e. The number of halogens is 1. The van der Waals surface area contributed by atoms with Crippen molar-refractivity contribution in [1.29, 1.82) is 0 Å². The third-order valence-corrected chi connectivity index (χ3v) is 6.78. The number of fused-ring (bicyclic) bond motifs is 2. The average molecular weight is 476 g/mol. The molecule has 2 aromatic carbocycles. The molecule has 3 aromatic rings. The highest BCUT2D eigenvalue weighted by Crippen LogP contribution is 2.30. The smallest absolute Gasteiger partial charge is 0.339 e. The number of anilines is 1. The molecule has 1 aliphatic carbocycles. The molecule has 0 unspecified atom stereocenters. The molecule has 1 aromatic heterocycles. The van der Waals surface area contributed by atoms with E-state index in [1.165, 1.54) is 13.0 Å². The number of Topliss-reactive ketones (excluding diaryl/α,β-unsaturated/α-hetero) is 1. The maximum absolute atomic E-state index is 14.5. The highest BCUT2D eigenvalue weighted by molar-refractivity contribution is 6.05. The number of piperazine rings is 1. The maximum atomic E-state index is 14.5. The van der Waals surface area contributed by atoms with Crippen LogP contribution in [0.5, 0.6) is 0 Å². The van der Waals surface area contributed by atoms with Gasteiger partial charge in [-0.05, 0) is 56.0 Å². The van der Waals surface area contributed by atoms with Crippen molar-refractivity contribution in [3.05, 3.63) is 70.7 Å². The normalized spacial score (nSPS) is 15.3. The average Bonchev–Trinajstić information content (AvgIpc) is 3.33. The van der Waals surface area contributed by atoms with E-state index < -0.39 is 11.8 Å². The molecular formula is C27H26FN3O4. The Labute approximate surface area is 202 Å². The zero-order valence-electron chi connectivity index (χ0n) is 19.6. The van der Waals surface area contributed by atoms with Gasteiger partial charge in [0.2, 0.25) is 0 Å². The zero-order chi connectivity index (χ0) is 24.5. The first kappa shape index (κ1) is 23.0. The highest BCUT2D eigenvalue weighted by Gasteiger charge is 2.27. The highest BCUT2D eigenvalue weighted by atomic mass is 19.1. The number of ketones is 1. The third-order valence-electron chi connectivity index (χ3n) is 6.78. The summed E-state index contributed by atoms with van der Waals surface area (Å²) in [5, 5.41) is 0.747. The fourth-order valence-electron chi connectivity index (χ4n) is 4.91. The molecule has 0 N–H and O–H groups in total. The van der Waals surface area contributed by atoms with E-state index in [1.54, 1.807) is 17.0 Å². The van der Waals surface area contributed by atoms with Gasteiger partial charge in [-0.15, -0.1) is 0 Å². The molecule has 35 heavy (non-hydrogen) atoms. The van der Waals surface area contributed by atoms with E-state index in [9.17, 15) is 18.8 Å². The summed E-state index contributed by atoms with van der Waals surface area (Å²) in [4.78, 5) is 45.5. The molecule has 0 bridgehead atoms.